The Labute approximate surface area is 199 Å². The van der Waals surface area contributed by atoms with Crippen LogP contribution in [0.2, 0.25) is 0 Å². The van der Waals surface area contributed by atoms with Crippen LogP contribution in [-0.4, -0.2) is 36.3 Å². The van der Waals surface area contributed by atoms with E-state index in [2.05, 4.69) is 10.9 Å². The van der Waals surface area contributed by atoms with E-state index in [0.29, 0.717) is 30.0 Å². The number of thiazole rings is 1. The maximum Gasteiger partial charge on any atom is 0.279 e. The Morgan fingerprint density at radius 3 is 2.24 bits per heavy atom. The predicted octanol–water partition coefficient (Wildman–Crippen LogP) is 4.38. The number of para-hydroxylation sites is 1. The molecule has 0 aliphatic heterocycles. The van der Waals surface area contributed by atoms with Gasteiger partial charge in [0.1, 0.15) is 0 Å². The molecule has 2 aromatic carbocycles. The van der Waals surface area contributed by atoms with Gasteiger partial charge in [-0.05, 0) is 48.2 Å². The first kappa shape index (κ1) is 24.9. The van der Waals surface area contributed by atoms with E-state index in [9.17, 15) is 13.2 Å². The lowest BCUT2D eigenvalue weighted by Gasteiger charge is -2.25. The molecule has 0 saturated carbocycles. The highest BCUT2D eigenvalue weighted by Gasteiger charge is 2.26. The van der Waals surface area contributed by atoms with Crippen molar-refractivity contribution in [2.24, 2.45) is 16.8 Å². The second kappa shape index (κ2) is 10.5. The molecule has 1 amide bonds. The number of fused-ring (bicyclic) bond motifs is 1. The summed E-state index contributed by atoms with van der Waals surface area (Å²) in [5, 5.41) is 0. The summed E-state index contributed by atoms with van der Waals surface area (Å²) in [6, 6.07) is 13.7. The number of hydrogen-bond donors (Lipinski definition) is 0. The van der Waals surface area contributed by atoms with E-state index in [4.69, 9.17) is 6.42 Å². The fourth-order valence-corrected chi connectivity index (χ4v) is 6.30. The van der Waals surface area contributed by atoms with E-state index in [0.717, 1.165) is 10.2 Å². The van der Waals surface area contributed by atoms with E-state index >= 15 is 0 Å². The van der Waals surface area contributed by atoms with Crippen molar-refractivity contribution in [2.45, 2.75) is 39.1 Å². The lowest BCUT2D eigenvalue weighted by Crippen LogP contribution is -2.37. The van der Waals surface area contributed by atoms with Crippen molar-refractivity contribution < 1.29 is 13.2 Å². The van der Waals surface area contributed by atoms with Gasteiger partial charge in [0.15, 0.2) is 4.80 Å². The fraction of sp³-hybridized carbons (Fsp3) is 0.360. The molecule has 0 radical (unpaired) electrons. The standard InChI is InChI=1S/C25H29N3O3S2/c1-6-15-28-22-9-7-8-10-23(22)32-25(28)26-24(29)20-11-13-21(14-12-20)33(30,31)27(16-18(2)3)17-19(4)5/h1,7-14,18-19H,15-17H2,2-5H3. The van der Waals surface area contributed by atoms with Crippen molar-refractivity contribution in [3.63, 3.8) is 0 Å². The number of amides is 1. The molecule has 0 unspecified atom stereocenters. The average Bonchev–Trinajstić information content (AvgIpc) is 3.10. The van der Waals surface area contributed by atoms with E-state index < -0.39 is 15.9 Å². The molecule has 0 atom stereocenters. The number of terminal acetylenes is 1. The molecule has 0 N–H and O–H groups in total. The molecule has 0 bridgehead atoms. The first-order valence-corrected chi connectivity index (χ1v) is 13.1. The van der Waals surface area contributed by atoms with Crippen molar-refractivity contribution in [3.05, 3.63) is 58.9 Å². The van der Waals surface area contributed by atoms with Crippen molar-refractivity contribution >= 4 is 37.5 Å². The van der Waals surface area contributed by atoms with Crippen LogP contribution in [0.5, 0.6) is 0 Å². The molecular weight excluding hydrogens is 454 g/mol. The maximum atomic E-state index is 13.2. The molecule has 3 rings (SSSR count). The predicted molar refractivity (Wildman–Crippen MR) is 133 cm³/mol. The van der Waals surface area contributed by atoms with Crippen LogP contribution in [0.25, 0.3) is 10.2 Å². The third kappa shape index (κ3) is 5.80. The molecule has 33 heavy (non-hydrogen) atoms. The third-order valence-electron chi connectivity index (χ3n) is 4.91. The molecule has 8 heteroatoms. The summed E-state index contributed by atoms with van der Waals surface area (Å²) in [7, 11) is -3.66. The van der Waals surface area contributed by atoms with Crippen LogP contribution in [0, 0.1) is 24.2 Å². The number of benzene rings is 2. The normalized spacial score (nSPS) is 12.7. The summed E-state index contributed by atoms with van der Waals surface area (Å²) in [5.41, 5.74) is 1.24. The lowest BCUT2D eigenvalue weighted by molar-refractivity contribution is 0.0998. The Hall–Kier alpha value is -2.73. The minimum absolute atomic E-state index is 0.171. The zero-order valence-corrected chi connectivity index (χ0v) is 21.0. The Bertz CT molecular complexity index is 1330. The summed E-state index contributed by atoms with van der Waals surface area (Å²) < 4.78 is 30.7. The van der Waals surface area contributed by atoms with E-state index in [1.807, 2.05) is 56.5 Å². The number of aromatic nitrogens is 1. The molecule has 1 heterocycles. The SMILES string of the molecule is C#CCn1c(=NC(=O)c2ccc(S(=O)(=O)N(CC(C)C)CC(C)C)cc2)sc2ccccc21. The molecule has 0 aliphatic carbocycles. The van der Waals surface area contributed by atoms with Gasteiger partial charge in [-0.15, -0.1) is 6.42 Å². The maximum absolute atomic E-state index is 13.2. The topological polar surface area (TPSA) is 71.7 Å². The summed E-state index contributed by atoms with van der Waals surface area (Å²) >= 11 is 1.39. The first-order valence-electron chi connectivity index (χ1n) is 10.8. The van der Waals surface area contributed by atoms with Crippen LogP contribution < -0.4 is 4.80 Å². The van der Waals surface area contributed by atoms with Crippen LogP contribution in [0.15, 0.2) is 58.4 Å². The van der Waals surface area contributed by atoms with Crippen LogP contribution in [0.1, 0.15) is 38.1 Å². The lowest BCUT2D eigenvalue weighted by atomic mass is 10.2. The van der Waals surface area contributed by atoms with Gasteiger partial charge in [0, 0.05) is 18.7 Å². The minimum atomic E-state index is -3.66. The Kier molecular flexibility index (Phi) is 7.90. The molecule has 0 saturated heterocycles. The van der Waals surface area contributed by atoms with Gasteiger partial charge in [0.25, 0.3) is 5.91 Å². The number of nitrogens with zero attached hydrogens (tertiary/aromatic N) is 3. The van der Waals surface area contributed by atoms with Gasteiger partial charge < -0.3 is 4.57 Å². The van der Waals surface area contributed by atoms with Gasteiger partial charge in [-0.25, -0.2) is 8.42 Å². The number of carbonyl (C=O) groups excluding carboxylic acids is 1. The molecule has 0 aliphatic rings. The molecule has 174 valence electrons. The quantitative estimate of drug-likeness (QED) is 0.447. The first-order chi connectivity index (χ1) is 15.6. The highest BCUT2D eigenvalue weighted by molar-refractivity contribution is 7.89. The van der Waals surface area contributed by atoms with Crippen LogP contribution in [0.3, 0.4) is 0 Å². The fourth-order valence-electron chi connectivity index (χ4n) is 3.51. The summed E-state index contributed by atoms with van der Waals surface area (Å²) in [5.74, 6) is 2.56. The second-order valence-electron chi connectivity index (χ2n) is 8.69. The monoisotopic (exact) mass is 483 g/mol. The summed E-state index contributed by atoms with van der Waals surface area (Å²) in [6.07, 6.45) is 5.51. The van der Waals surface area contributed by atoms with Crippen molar-refractivity contribution in [1.82, 2.24) is 8.87 Å². The Morgan fingerprint density at radius 1 is 1.06 bits per heavy atom. The summed E-state index contributed by atoms with van der Waals surface area (Å²) in [6.45, 7) is 9.16. The molecular formula is C25H29N3O3S2. The molecule has 0 spiro atoms. The van der Waals surface area contributed by atoms with Crippen LogP contribution >= 0.6 is 11.3 Å². The Balaban J connectivity index is 1.93. The highest BCUT2D eigenvalue weighted by atomic mass is 32.2. The van der Waals surface area contributed by atoms with E-state index in [1.165, 1.54) is 39.9 Å². The number of sulfonamides is 1. The van der Waals surface area contributed by atoms with Crippen molar-refractivity contribution in [2.75, 3.05) is 13.1 Å². The largest absolute Gasteiger partial charge is 0.305 e. The number of hydrogen-bond acceptors (Lipinski definition) is 4. The van der Waals surface area contributed by atoms with Gasteiger partial charge in [-0.2, -0.15) is 9.30 Å². The van der Waals surface area contributed by atoms with Gasteiger partial charge in [0.2, 0.25) is 10.0 Å². The highest BCUT2D eigenvalue weighted by Crippen LogP contribution is 2.20. The van der Waals surface area contributed by atoms with Gasteiger partial charge in [0.05, 0.1) is 21.7 Å². The molecule has 0 fully saturated rings. The van der Waals surface area contributed by atoms with Crippen LogP contribution in [-0.2, 0) is 16.6 Å². The molecule has 6 nitrogen and oxygen atoms in total. The minimum Gasteiger partial charge on any atom is -0.305 e. The van der Waals surface area contributed by atoms with Gasteiger partial charge in [-0.1, -0.05) is 57.1 Å². The zero-order chi connectivity index (χ0) is 24.2. The smallest absolute Gasteiger partial charge is 0.279 e. The van der Waals surface area contributed by atoms with E-state index in [-0.39, 0.29) is 16.7 Å². The summed E-state index contributed by atoms with van der Waals surface area (Å²) in [4.78, 5) is 17.8. The third-order valence-corrected chi connectivity index (χ3v) is 7.82. The molecule has 1 aromatic heterocycles. The number of carbonyl (C=O) groups is 1. The second-order valence-corrected chi connectivity index (χ2v) is 11.6. The van der Waals surface area contributed by atoms with Crippen LogP contribution in [0.4, 0.5) is 0 Å². The van der Waals surface area contributed by atoms with Gasteiger partial charge in [-0.3, -0.25) is 4.79 Å². The van der Waals surface area contributed by atoms with Gasteiger partial charge >= 0.3 is 0 Å². The van der Waals surface area contributed by atoms with E-state index in [1.54, 1.807) is 0 Å². The average molecular weight is 484 g/mol. The Morgan fingerprint density at radius 2 is 1.67 bits per heavy atom. The molecule has 3 aromatic rings. The van der Waals surface area contributed by atoms with Crippen molar-refractivity contribution in [1.29, 1.82) is 0 Å². The zero-order valence-electron chi connectivity index (χ0n) is 19.4. The number of rotatable bonds is 8. The van der Waals surface area contributed by atoms with Crippen molar-refractivity contribution in [3.8, 4) is 12.3 Å².